The largest absolute Gasteiger partial charge is 0.481 e. The maximum absolute atomic E-state index is 10.9. The van der Waals surface area contributed by atoms with E-state index in [-0.39, 0.29) is 0 Å². The van der Waals surface area contributed by atoms with E-state index in [1.54, 1.807) is 6.92 Å². The van der Waals surface area contributed by atoms with Crippen LogP contribution >= 0.6 is 11.3 Å². The van der Waals surface area contributed by atoms with Gasteiger partial charge in [-0.05, 0) is 19.9 Å². The minimum atomic E-state index is -0.842. The molecule has 0 spiro atoms. The zero-order valence-electron chi connectivity index (χ0n) is 9.68. The van der Waals surface area contributed by atoms with Crippen molar-refractivity contribution >= 4 is 17.3 Å². The van der Waals surface area contributed by atoms with Crippen molar-refractivity contribution in [2.75, 3.05) is 0 Å². The number of hydrogen-bond acceptors (Lipinski definition) is 3. The third-order valence-corrected chi connectivity index (χ3v) is 3.51. The van der Waals surface area contributed by atoms with Crippen molar-refractivity contribution in [3.8, 4) is 10.6 Å². The molecule has 0 amide bonds. The lowest BCUT2D eigenvalue weighted by molar-refractivity contribution is -0.138. The first-order valence-corrected chi connectivity index (χ1v) is 6.21. The van der Waals surface area contributed by atoms with Gasteiger partial charge in [-0.3, -0.25) is 4.79 Å². The number of aliphatic carboxylic acids is 1. The smallest absolute Gasteiger partial charge is 0.312 e. The fraction of sp³-hybridized carbons (Fsp3) is 0.231. The van der Waals surface area contributed by atoms with Crippen LogP contribution in [0.3, 0.4) is 0 Å². The molecule has 1 heterocycles. The van der Waals surface area contributed by atoms with Gasteiger partial charge in [0, 0.05) is 10.9 Å². The summed E-state index contributed by atoms with van der Waals surface area (Å²) >= 11 is 1.48. The lowest BCUT2D eigenvalue weighted by Gasteiger charge is -2.01. The molecule has 0 fully saturated rings. The predicted molar refractivity (Wildman–Crippen MR) is 68.3 cm³/mol. The van der Waals surface area contributed by atoms with Crippen molar-refractivity contribution in [1.82, 2.24) is 4.98 Å². The van der Waals surface area contributed by atoms with Crippen molar-refractivity contribution in [3.05, 3.63) is 40.9 Å². The van der Waals surface area contributed by atoms with Crippen LogP contribution in [0.5, 0.6) is 0 Å². The van der Waals surface area contributed by atoms with Gasteiger partial charge in [-0.1, -0.05) is 23.8 Å². The monoisotopic (exact) mass is 247 g/mol. The fourth-order valence-corrected chi connectivity index (χ4v) is 2.43. The van der Waals surface area contributed by atoms with E-state index in [0.29, 0.717) is 5.69 Å². The van der Waals surface area contributed by atoms with Crippen LogP contribution in [0.2, 0.25) is 0 Å². The Hall–Kier alpha value is -1.68. The van der Waals surface area contributed by atoms with Crippen molar-refractivity contribution in [2.45, 2.75) is 19.8 Å². The topological polar surface area (TPSA) is 50.2 Å². The first kappa shape index (κ1) is 11.8. The SMILES string of the molecule is Cc1cccc(-c2nc(C(C)C(=O)O)cs2)c1. The summed E-state index contributed by atoms with van der Waals surface area (Å²) in [6.07, 6.45) is 0. The van der Waals surface area contributed by atoms with Crippen molar-refractivity contribution in [3.63, 3.8) is 0 Å². The Balaban J connectivity index is 2.33. The zero-order chi connectivity index (χ0) is 12.4. The molecule has 0 aliphatic rings. The molecule has 17 heavy (non-hydrogen) atoms. The molecule has 2 rings (SSSR count). The minimum Gasteiger partial charge on any atom is -0.481 e. The highest BCUT2D eigenvalue weighted by Crippen LogP contribution is 2.27. The van der Waals surface area contributed by atoms with Crippen LogP contribution in [-0.4, -0.2) is 16.1 Å². The highest BCUT2D eigenvalue weighted by atomic mass is 32.1. The number of thiazole rings is 1. The van der Waals surface area contributed by atoms with Gasteiger partial charge >= 0.3 is 5.97 Å². The molecular weight excluding hydrogens is 234 g/mol. The Labute approximate surface area is 104 Å². The average Bonchev–Trinajstić information content (AvgIpc) is 2.77. The van der Waals surface area contributed by atoms with Gasteiger partial charge in [-0.2, -0.15) is 0 Å². The number of carboxylic acid groups (broad SMARTS) is 1. The summed E-state index contributed by atoms with van der Waals surface area (Å²) in [7, 11) is 0. The molecule has 0 bridgehead atoms. The summed E-state index contributed by atoms with van der Waals surface area (Å²) in [5.41, 5.74) is 2.84. The van der Waals surface area contributed by atoms with Crippen LogP contribution < -0.4 is 0 Å². The molecule has 0 radical (unpaired) electrons. The van der Waals surface area contributed by atoms with Gasteiger partial charge in [0.2, 0.25) is 0 Å². The van der Waals surface area contributed by atoms with E-state index in [2.05, 4.69) is 4.98 Å². The highest BCUT2D eigenvalue weighted by Gasteiger charge is 2.17. The lowest BCUT2D eigenvalue weighted by Crippen LogP contribution is -2.07. The molecule has 88 valence electrons. The molecular formula is C13H13NO2S. The van der Waals surface area contributed by atoms with Gasteiger partial charge in [-0.15, -0.1) is 11.3 Å². The Morgan fingerprint density at radius 2 is 2.24 bits per heavy atom. The number of aromatic nitrogens is 1. The molecule has 3 nitrogen and oxygen atoms in total. The molecule has 1 atom stereocenters. The summed E-state index contributed by atoms with van der Waals surface area (Å²) in [5, 5.41) is 11.6. The average molecular weight is 247 g/mol. The van der Waals surface area contributed by atoms with Gasteiger partial charge in [0.1, 0.15) is 5.01 Å². The predicted octanol–water partition coefficient (Wildman–Crippen LogP) is 3.31. The van der Waals surface area contributed by atoms with E-state index in [1.807, 2.05) is 36.6 Å². The second kappa shape index (κ2) is 4.67. The first-order valence-electron chi connectivity index (χ1n) is 5.33. The fourth-order valence-electron chi connectivity index (χ4n) is 1.52. The number of aryl methyl sites for hydroxylation is 1. The van der Waals surface area contributed by atoms with Gasteiger partial charge < -0.3 is 5.11 Å². The van der Waals surface area contributed by atoms with E-state index in [9.17, 15) is 4.79 Å². The van der Waals surface area contributed by atoms with Gasteiger partial charge in [0.15, 0.2) is 0 Å². The van der Waals surface area contributed by atoms with Crippen LogP contribution in [0, 0.1) is 6.92 Å². The van der Waals surface area contributed by atoms with E-state index in [0.717, 1.165) is 10.6 Å². The molecule has 1 unspecified atom stereocenters. The van der Waals surface area contributed by atoms with Crippen LogP contribution in [-0.2, 0) is 4.79 Å². The van der Waals surface area contributed by atoms with Gasteiger partial charge in [0.25, 0.3) is 0 Å². The summed E-state index contributed by atoms with van der Waals surface area (Å²) in [5.74, 6) is -1.39. The molecule has 0 aliphatic heterocycles. The van der Waals surface area contributed by atoms with E-state index in [1.165, 1.54) is 16.9 Å². The van der Waals surface area contributed by atoms with Crippen molar-refractivity contribution in [1.29, 1.82) is 0 Å². The molecule has 1 N–H and O–H groups in total. The van der Waals surface area contributed by atoms with Crippen LogP contribution in [0.1, 0.15) is 24.1 Å². The quantitative estimate of drug-likeness (QED) is 0.905. The summed E-state index contributed by atoms with van der Waals surface area (Å²) in [6.45, 7) is 3.68. The summed E-state index contributed by atoms with van der Waals surface area (Å²) in [6, 6.07) is 8.04. The third-order valence-electron chi connectivity index (χ3n) is 2.60. The Morgan fingerprint density at radius 1 is 1.47 bits per heavy atom. The van der Waals surface area contributed by atoms with Gasteiger partial charge in [-0.25, -0.2) is 4.98 Å². The maximum atomic E-state index is 10.9. The summed E-state index contributed by atoms with van der Waals surface area (Å²) in [4.78, 5) is 15.2. The number of hydrogen-bond donors (Lipinski definition) is 1. The second-order valence-electron chi connectivity index (χ2n) is 4.01. The van der Waals surface area contributed by atoms with Crippen molar-refractivity contribution < 1.29 is 9.90 Å². The Kier molecular flexibility index (Phi) is 3.24. The zero-order valence-corrected chi connectivity index (χ0v) is 10.5. The molecule has 0 saturated carbocycles. The van der Waals surface area contributed by atoms with E-state index in [4.69, 9.17) is 5.11 Å². The maximum Gasteiger partial charge on any atom is 0.312 e. The number of rotatable bonds is 3. The van der Waals surface area contributed by atoms with E-state index < -0.39 is 11.9 Å². The second-order valence-corrected chi connectivity index (χ2v) is 4.87. The standard InChI is InChI=1S/C13H13NO2S/c1-8-4-3-5-10(6-8)12-14-11(7-17-12)9(2)13(15)16/h3-7,9H,1-2H3,(H,15,16). The first-order chi connectivity index (χ1) is 8.08. The number of carbonyl (C=O) groups is 1. The summed E-state index contributed by atoms with van der Waals surface area (Å²) < 4.78 is 0. The van der Waals surface area contributed by atoms with E-state index >= 15 is 0 Å². The molecule has 4 heteroatoms. The number of nitrogens with zero attached hydrogens (tertiary/aromatic N) is 1. The Bertz CT molecular complexity index is 548. The van der Waals surface area contributed by atoms with Crippen molar-refractivity contribution in [2.24, 2.45) is 0 Å². The lowest BCUT2D eigenvalue weighted by atomic mass is 10.1. The van der Waals surface area contributed by atoms with Gasteiger partial charge in [0.05, 0.1) is 11.6 Å². The Morgan fingerprint density at radius 3 is 2.88 bits per heavy atom. The molecule has 0 saturated heterocycles. The third kappa shape index (κ3) is 2.53. The molecule has 1 aromatic carbocycles. The number of carboxylic acids is 1. The minimum absolute atomic E-state index is 0.551. The molecule has 2 aromatic rings. The normalized spacial score (nSPS) is 12.4. The van der Waals surface area contributed by atoms with Crippen LogP contribution in [0.4, 0.5) is 0 Å². The highest BCUT2D eigenvalue weighted by molar-refractivity contribution is 7.13. The van der Waals surface area contributed by atoms with Crippen LogP contribution in [0.25, 0.3) is 10.6 Å². The molecule has 1 aromatic heterocycles. The molecule has 0 aliphatic carbocycles. The number of benzene rings is 1. The van der Waals surface area contributed by atoms with Crippen LogP contribution in [0.15, 0.2) is 29.6 Å².